The van der Waals surface area contributed by atoms with E-state index in [1.165, 1.54) is 17.1 Å². The van der Waals surface area contributed by atoms with Gasteiger partial charge in [-0.05, 0) is 33.3 Å². The van der Waals surface area contributed by atoms with Crippen LogP contribution in [0.15, 0.2) is 36.5 Å². The molecule has 26 heavy (non-hydrogen) atoms. The highest BCUT2D eigenvalue weighted by molar-refractivity contribution is 5.82. The van der Waals surface area contributed by atoms with Gasteiger partial charge in [0.2, 0.25) is 0 Å². The monoisotopic (exact) mass is 367 g/mol. The number of carbonyl (C=O) groups is 1. The van der Waals surface area contributed by atoms with Gasteiger partial charge in [-0.15, -0.1) is 0 Å². The van der Waals surface area contributed by atoms with Crippen LogP contribution in [0.3, 0.4) is 0 Å². The second-order valence-corrected chi connectivity index (χ2v) is 6.80. The molecule has 0 bridgehead atoms. The number of carbonyl (C=O) groups excluding carboxylic acids is 1. The number of aromatic nitrogens is 2. The molecule has 0 aliphatic heterocycles. The molecule has 0 saturated heterocycles. The van der Waals surface area contributed by atoms with E-state index in [2.05, 4.69) is 5.10 Å². The van der Waals surface area contributed by atoms with Crippen LogP contribution < -0.4 is 5.48 Å². The smallest absolute Gasteiger partial charge is 0.267 e. The first-order valence-corrected chi connectivity index (χ1v) is 8.17. The molecule has 0 saturated carbocycles. The number of alkyl halides is 2. The van der Waals surface area contributed by atoms with E-state index in [1.54, 1.807) is 12.3 Å². The number of hydrogen-bond acceptors (Lipinski definition) is 4. The second kappa shape index (κ2) is 7.51. The molecular formula is C18H23F2N3O3. The van der Waals surface area contributed by atoms with E-state index in [9.17, 15) is 18.7 Å². The number of aliphatic hydroxyl groups is 1. The molecule has 8 heteroatoms. The Morgan fingerprint density at radius 2 is 1.88 bits per heavy atom. The topological polar surface area (TPSA) is 87.4 Å². The number of rotatable bonds is 7. The lowest BCUT2D eigenvalue weighted by atomic mass is 9.71. The molecule has 0 fully saturated rings. The predicted octanol–water partition coefficient (Wildman–Crippen LogP) is 2.78. The zero-order chi connectivity index (χ0) is 19.5. The third-order valence-corrected chi connectivity index (χ3v) is 4.97. The summed E-state index contributed by atoms with van der Waals surface area (Å²) in [5.41, 5.74) is -0.419. The first-order valence-electron chi connectivity index (χ1n) is 8.17. The molecule has 0 radical (unpaired) electrons. The van der Waals surface area contributed by atoms with E-state index >= 15 is 0 Å². The van der Waals surface area contributed by atoms with Crippen LogP contribution >= 0.6 is 0 Å². The summed E-state index contributed by atoms with van der Waals surface area (Å²) in [5.74, 6) is -1.08. The van der Waals surface area contributed by atoms with Gasteiger partial charge in [0.1, 0.15) is 5.60 Å². The Labute approximate surface area is 150 Å². The van der Waals surface area contributed by atoms with Crippen LogP contribution in [0.2, 0.25) is 0 Å². The molecule has 0 aliphatic rings. The van der Waals surface area contributed by atoms with E-state index < -0.39 is 23.3 Å². The van der Waals surface area contributed by atoms with Crippen molar-refractivity contribution in [1.29, 1.82) is 0 Å². The van der Waals surface area contributed by atoms with Crippen molar-refractivity contribution in [2.75, 3.05) is 0 Å². The van der Waals surface area contributed by atoms with E-state index in [4.69, 9.17) is 5.21 Å². The fourth-order valence-electron chi connectivity index (χ4n) is 2.66. The Morgan fingerprint density at radius 3 is 2.42 bits per heavy atom. The molecule has 0 spiro atoms. The zero-order valence-corrected chi connectivity index (χ0v) is 14.9. The molecule has 1 heterocycles. The van der Waals surface area contributed by atoms with Crippen molar-refractivity contribution in [3.63, 3.8) is 0 Å². The average Bonchev–Trinajstić information content (AvgIpc) is 3.08. The maximum absolute atomic E-state index is 13.3. The minimum atomic E-state index is -3.16. The SMILES string of the molecule is Cc1ccc(-c2ccn(CCC(C)(C(=O)NO)C(C)(O)C(F)F)n2)cc1. The van der Waals surface area contributed by atoms with Crippen molar-refractivity contribution in [1.82, 2.24) is 15.3 Å². The fourth-order valence-corrected chi connectivity index (χ4v) is 2.66. The van der Waals surface area contributed by atoms with Gasteiger partial charge in [0.15, 0.2) is 0 Å². The van der Waals surface area contributed by atoms with Crippen molar-refractivity contribution in [3.05, 3.63) is 42.1 Å². The van der Waals surface area contributed by atoms with Gasteiger partial charge < -0.3 is 5.11 Å². The molecular weight excluding hydrogens is 344 g/mol. The lowest BCUT2D eigenvalue weighted by Crippen LogP contribution is -2.57. The van der Waals surface area contributed by atoms with Gasteiger partial charge in [-0.2, -0.15) is 5.10 Å². The number of nitrogens with one attached hydrogen (secondary N) is 1. The number of halogens is 2. The van der Waals surface area contributed by atoms with Crippen LogP contribution in [-0.2, 0) is 11.3 Å². The van der Waals surface area contributed by atoms with Gasteiger partial charge in [-0.25, -0.2) is 14.3 Å². The molecule has 2 atom stereocenters. The van der Waals surface area contributed by atoms with Crippen LogP contribution in [0.1, 0.15) is 25.8 Å². The Kier molecular flexibility index (Phi) is 5.77. The number of amides is 1. The highest BCUT2D eigenvalue weighted by Crippen LogP contribution is 2.39. The first-order chi connectivity index (χ1) is 12.1. The standard InChI is InChI=1S/C18H23F2N3O3/c1-12-4-6-13(7-5-12)14-8-10-23(21-14)11-9-17(2,16(24)22-26)18(3,25)15(19)20/h4-8,10,15,25-26H,9,11H2,1-3H3,(H,22,24). The van der Waals surface area contributed by atoms with Crippen molar-refractivity contribution >= 4 is 5.91 Å². The van der Waals surface area contributed by atoms with E-state index in [-0.39, 0.29) is 13.0 Å². The van der Waals surface area contributed by atoms with Gasteiger partial charge >= 0.3 is 0 Å². The summed E-state index contributed by atoms with van der Waals surface area (Å²) >= 11 is 0. The molecule has 142 valence electrons. The summed E-state index contributed by atoms with van der Waals surface area (Å²) in [4.78, 5) is 12.0. The van der Waals surface area contributed by atoms with Crippen molar-refractivity contribution in [2.45, 2.75) is 45.8 Å². The fraction of sp³-hybridized carbons (Fsp3) is 0.444. The van der Waals surface area contributed by atoms with E-state index in [0.717, 1.165) is 18.1 Å². The van der Waals surface area contributed by atoms with Crippen molar-refractivity contribution < 1.29 is 23.9 Å². The Bertz CT molecular complexity index is 759. The van der Waals surface area contributed by atoms with E-state index in [0.29, 0.717) is 5.69 Å². The molecule has 2 rings (SSSR count). The number of benzene rings is 1. The molecule has 0 aliphatic carbocycles. The summed E-state index contributed by atoms with van der Waals surface area (Å²) < 4.78 is 28.0. The molecule has 2 aromatic rings. The minimum Gasteiger partial charge on any atom is -0.383 e. The van der Waals surface area contributed by atoms with Crippen LogP contribution in [0.4, 0.5) is 8.78 Å². The zero-order valence-electron chi connectivity index (χ0n) is 14.9. The van der Waals surface area contributed by atoms with Crippen LogP contribution in [0.25, 0.3) is 11.3 Å². The largest absolute Gasteiger partial charge is 0.383 e. The molecule has 1 aromatic carbocycles. The third-order valence-electron chi connectivity index (χ3n) is 4.97. The van der Waals surface area contributed by atoms with Gasteiger partial charge in [0, 0.05) is 18.3 Å². The normalized spacial score (nSPS) is 16.2. The quantitative estimate of drug-likeness (QED) is 0.519. The van der Waals surface area contributed by atoms with Crippen molar-refractivity contribution in [2.24, 2.45) is 5.41 Å². The number of hydrogen-bond donors (Lipinski definition) is 3. The third kappa shape index (κ3) is 3.76. The van der Waals surface area contributed by atoms with Crippen LogP contribution in [0, 0.1) is 12.3 Å². The Hall–Kier alpha value is -2.32. The van der Waals surface area contributed by atoms with Crippen molar-refractivity contribution in [3.8, 4) is 11.3 Å². The average molecular weight is 367 g/mol. The number of hydroxylamine groups is 1. The molecule has 2 unspecified atom stereocenters. The number of nitrogens with zero attached hydrogens (tertiary/aromatic N) is 2. The van der Waals surface area contributed by atoms with Gasteiger partial charge in [0.05, 0.1) is 11.1 Å². The second-order valence-electron chi connectivity index (χ2n) is 6.80. The van der Waals surface area contributed by atoms with Gasteiger partial charge in [-0.1, -0.05) is 29.8 Å². The summed E-state index contributed by atoms with van der Waals surface area (Å²) in [6.07, 6.45) is -1.64. The highest BCUT2D eigenvalue weighted by Gasteiger charge is 2.54. The molecule has 6 nitrogen and oxygen atoms in total. The predicted molar refractivity (Wildman–Crippen MR) is 91.7 cm³/mol. The lowest BCUT2D eigenvalue weighted by Gasteiger charge is -2.40. The van der Waals surface area contributed by atoms with Gasteiger partial charge in [0.25, 0.3) is 12.3 Å². The maximum Gasteiger partial charge on any atom is 0.267 e. The first kappa shape index (κ1) is 20.0. The Morgan fingerprint density at radius 1 is 1.27 bits per heavy atom. The molecule has 1 aromatic heterocycles. The summed E-state index contributed by atoms with van der Waals surface area (Å²) in [6.45, 7) is 4.16. The highest BCUT2D eigenvalue weighted by atomic mass is 19.3. The van der Waals surface area contributed by atoms with Crippen LogP contribution in [0.5, 0.6) is 0 Å². The molecule has 3 N–H and O–H groups in total. The van der Waals surface area contributed by atoms with Crippen LogP contribution in [-0.4, -0.2) is 38.0 Å². The maximum atomic E-state index is 13.3. The summed E-state index contributed by atoms with van der Waals surface area (Å²) in [5, 5.41) is 23.4. The summed E-state index contributed by atoms with van der Waals surface area (Å²) in [7, 11) is 0. The minimum absolute atomic E-state index is 0.110. The number of aryl methyl sites for hydroxylation is 2. The Balaban J connectivity index is 2.19. The molecule has 1 amide bonds. The summed E-state index contributed by atoms with van der Waals surface area (Å²) in [6, 6.07) is 9.53. The van der Waals surface area contributed by atoms with Gasteiger partial charge in [-0.3, -0.25) is 14.7 Å². The van der Waals surface area contributed by atoms with E-state index in [1.807, 2.05) is 31.2 Å². The lowest BCUT2D eigenvalue weighted by molar-refractivity contribution is -0.183.